The SMILES string of the molecule is CC1(C)C[C@H](n2[nH]c(=O)c3c2NC(=O)CS[C@H]3c2cc3cc4c(cc3[nH]c2=O)OCCO4)CCO1. The largest absolute Gasteiger partial charge is 0.486 e. The van der Waals surface area contributed by atoms with Crippen molar-refractivity contribution in [2.24, 2.45) is 0 Å². The number of rotatable bonds is 2. The summed E-state index contributed by atoms with van der Waals surface area (Å²) in [6.45, 7) is 5.49. The van der Waals surface area contributed by atoms with Crippen LogP contribution in [0.2, 0.25) is 0 Å². The summed E-state index contributed by atoms with van der Waals surface area (Å²) in [5.41, 5.74) is 0.435. The Kier molecular flexibility index (Phi) is 5.22. The van der Waals surface area contributed by atoms with Crippen molar-refractivity contribution in [2.45, 2.75) is 43.6 Å². The second kappa shape index (κ2) is 8.20. The molecular weight excluding hydrogens is 472 g/mol. The smallest absolute Gasteiger partial charge is 0.270 e. The lowest BCUT2D eigenvalue weighted by atomic mass is 9.94. The molecule has 1 saturated heterocycles. The highest BCUT2D eigenvalue weighted by Crippen LogP contribution is 2.42. The molecule has 0 radical (unpaired) electrons. The number of benzene rings is 1. The molecule has 6 rings (SSSR count). The van der Waals surface area contributed by atoms with E-state index < -0.39 is 5.25 Å². The number of nitrogens with zero attached hydrogens (tertiary/aromatic N) is 1. The first kappa shape index (κ1) is 22.3. The van der Waals surface area contributed by atoms with Gasteiger partial charge in [-0.3, -0.25) is 24.2 Å². The van der Waals surface area contributed by atoms with Crippen LogP contribution < -0.4 is 25.9 Å². The minimum atomic E-state index is -0.622. The molecule has 0 unspecified atom stereocenters. The summed E-state index contributed by atoms with van der Waals surface area (Å²) in [5, 5.41) is 5.99. The normalized spacial score (nSPS) is 23.4. The lowest BCUT2D eigenvalue weighted by Crippen LogP contribution is -2.36. The van der Waals surface area contributed by atoms with E-state index >= 15 is 0 Å². The van der Waals surface area contributed by atoms with Crippen LogP contribution in [0.15, 0.2) is 27.8 Å². The van der Waals surface area contributed by atoms with Crippen molar-refractivity contribution in [1.82, 2.24) is 14.8 Å². The molecule has 35 heavy (non-hydrogen) atoms. The van der Waals surface area contributed by atoms with Gasteiger partial charge >= 0.3 is 0 Å². The van der Waals surface area contributed by atoms with Gasteiger partial charge < -0.3 is 24.5 Å². The highest BCUT2D eigenvalue weighted by atomic mass is 32.2. The van der Waals surface area contributed by atoms with Gasteiger partial charge in [-0.2, -0.15) is 0 Å². The summed E-state index contributed by atoms with van der Waals surface area (Å²) in [5.74, 6) is 1.53. The zero-order valence-electron chi connectivity index (χ0n) is 19.4. The number of carbonyl (C=O) groups is 1. The van der Waals surface area contributed by atoms with Crippen molar-refractivity contribution in [2.75, 3.05) is 30.9 Å². The Labute approximate surface area is 204 Å². The van der Waals surface area contributed by atoms with E-state index in [1.54, 1.807) is 16.8 Å². The van der Waals surface area contributed by atoms with Gasteiger partial charge in [-0.05, 0) is 38.8 Å². The fourth-order valence-corrected chi connectivity index (χ4v) is 6.27. The van der Waals surface area contributed by atoms with E-state index in [1.165, 1.54) is 11.8 Å². The average Bonchev–Trinajstić information content (AvgIpc) is 3.02. The van der Waals surface area contributed by atoms with E-state index in [2.05, 4.69) is 15.4 Å². The molecule has 2 aromatic heterocycles. The van der Waals surface area contributed by atoms with E-state index in [9.17, 15) is 14.4 Å². The van der Waals surface area contributed by atoms with Crippen LogP contribution >= 0.6 is 11.8 Å². The van der Waals surface area contributed by atoms with Crippen LogP contribution in [0.5, 0.6) is 11.5 Å². The monoisotopic (exact) mass is 498 g/mol. The van der Waals surface area contributed by atoms with Gasteiger partial charge in [0.25, 0.3) is 11.1 Å². The molecule has 184 valence electrons. The number of amides is 1. The molecule has 3 aromatic rings. The van der Waals surface area contributed by atoms with Crippen molar-refractivity contribution in [3.63, 3.8) is 0 Å². The molecule has 0 spiro atoms. The summed E-state index contributed by atoms with van der Waals surface area (Å²) in [4.78, 5) is 42.1. The maximum absolute atomic E-state index is 13.3. The number of anilines is 1. The van der Waals surface area contributed by atoms with E-state index in [0.29, 0.717) is 66.6 Å². The van der Waals surface area contributed by atoms with Crippen LogP contribution in [-0.4, -0.2) is 51.8 Å². The Bertz CT molecular complexity index is 1450. The fourth-order valence-electron chi connectivity index (χ4n) is 5.14. The number of carbonyl (C=O) groups excluding carboxylic acids is 1. The quantitative estimate of drug-likeness (QED) is 0.496. The molecule has 10 nitrogen and oxygen atoms in total. The van der Waals surface area contributed by atoms with Crippen molar-refractivity contribution in [3.05, 3.63) is 50.0 Å². The number of aromatic nitrogens is 3. The summed E-state index contributed by atoms with van der Waals surface area (Å²) in [6.07, 6.45) is 1.39. The van der Waals surface area contributed by atoms with Gasteiger partial charge in [-0.1, -0.05) is 0 Å². The summed E-state index contributed by atoms with van der Waals surface area (Å²) >= 11 is 1.27. The van der Waals surface area contributed by atoms with Crippen LogP contribution in [0.1, 0.15) is 49.1 Å². The number of thioether (sulfide) groups is 1. The molecule has 2 atom stereocenters. The van der Waals surface area contributed by atoms with Crippen molar-refractivity contribution < 1.29 is 19.0 Å². The van der Waals surface area contributed by atoms with Crippen LogP contribution in [0.25, 0.3) is 10.9 Å². The number of pyridine rings is 1. The number of fused-ring (bicyclic) bond motifs is 3. The minimum Gasteiger partial charge on any atom is -0.486 e. The Hall–Kier alpha value is -3.18. The Morgan fingerprint density at radius 2 is 1.80 bits per heavy atom. The van der Waals surface area contributed by atoms with Gasteiger partial charge in [0, 0.05) is 23.6 Å². The molecule has 3 aliphatic rings. The molecule has 1 aromatic carbocycles. The van der Waals surface area contributed by atoms with Gasteiger partial charge in [-0.25, -0.2) is 0 Å². The van der Waals surface area contributed by atoms with E-state index in [4.69, 9.17) is 14.2 Å². The molecular formula is C24H26N4O6S. The number of hydrogen-bond donors (Lipinski definition) is 3. The molecule has 0 bridgehead atoms. The van der Waals surface area contributed by atoms with Gasteiger partial charge in [0.2, 0.25) is 5.91 Å². The first-order chi connectivity index (χ1) is 16.8. The molecule has 3 aliphatic heterocycles. The molecule has 0 aliphatic carbocycles. The second-order valence-electron chi connectivity index (χ2n) is 9.70. The third-order valence-electron chi connectivity index (χ3n) is 6.72. The number of nitrogens with one attached hydrogen (secondary N) is 3. The second-order valence-corrected chi connectivity index (χ2v) is 10.8. The maximum Gasteiger partial charge on any atom is 0.270 e. The molecule has 1 amide bonds. The number of ether oxygens (including phenoxy) is 3. The van der Waals surface area contributed by atoms with Crippen molar-refractivity contribution in [3.8, 4) is 11.5 Å². The number of hydrogen-bond acceptors (Lipinski definition) is 7. The maximum atomic E-state index is 13.3. The first-order valence-electron chi connectivity index (χ1n) is 11.7. The minimum absolute atomic E-state index is 0.0437. The molecule has 1 fully saturated rings. The first-order valence-corrected chi connectivity index (χ1v) is 12.7. The topological polar surface area (TPSA) is 127 Å². The zero-order valence-corrected chi connectivity index (χ0v) is 20.3. The van der Waals surface area contributed by atoms with Gasteiger partial charge in [0.1, 0.15) is 19.0 Å². The number of aromatic amines is 2. The highest BCUT2D eigenvalue weighted by Gasteiger charge is 2.36. The molecule has 3 N–H and O–H groups in total. The van der Waals surface area contributed by atoms with E-state index in [0.717, 1.165) is 5.39 Å². The third kappa shape index (κ3) is 3.92. The lowest BCUT2D eigenvalue weighted by Gasteiger charge is -2.36. The Balaban J connectivity index is 1.48. The third-order valence-corrected chi connectivity index (χ3v) is 7.97. The van der Waals surface area contributed by atoms with Crippen molar-refractivity contribution >= 4 is 34.4 Å². The van der Waals surface area contributed by atoms with E-state index in [-0.39, 0.29) is 34.4 Å². The predicted octanol–water partition coefficient (Wildman–Crippen LogP) is 2.69. The number of H-pyrrole nitrogens is 2. The van der Waals surface area contributed by atoms with Gasteiger partial charge in [-0.15, -0.1) is 11.8 Å². The van der Waals surface area contributed by atoms with E-state index in [1.807, 2.05) is 19.9 Å². The summed E-state index contributed by atoms with van der Waals surface area (Å²) in [6, 6.07) is 5.31. The average molecular weight is 499 g/mol. The van der Waals surface area contributed by atoms with Crippen LogP contribution in [-0.2, 0) is 9.53 Å². The van der Waals surface area contributed by atoms with Gasteiger partial charge in [0.05, 0.1) is 33.7 Å². The van der Waals surface area contributed by atoms with Crippen molar-refractivity contribution in [1.29, 1.82) is 0 Å². The Morgan fingerprint density at radius 3 is 2.57 bits per heavy atom. The standard InChI is InChI=1S/C24H26N4O6S/c1-24(2)10-13(3-4-34-24)28-21-19(23(31)27-28)20(35-11-18(29)26-21)14-7-12-8-16-17(33-6-5-32-16)9-15(12)25-22(14)30/h7-9,13,20H,3-6,10-11H2,1-2H3,(H,25,30)(H,26,29)(H,27,31)/t13-,20+/m1/s1. The summed E-state index contributed by atoms with van der Waals surface area (Å²) in [7, 11) is 0. The van der Waals surface area contributed by atoms with Crippen LogP contribution in [0.3, 0.4) is 0 Å². The van der Waals surface area contributed by atoms with Crippen LogP contribution in [0, 0.1) is 0 Å². The van der Waals surface area contributed by atoms with Gasteiger partial charge in [0.15, 0.2) is 11.5 Å². The molecule has 0 saturated carbocycles. The van der Waals surface area contributed by atoms with Crippen LogP contribution in [0.4, 0.5) is 5.82 Å². The molecule has 11 heteroatoms. The fraction of sp³-hybridized carbons (Fsp3) is 0.458. The molecule has 5 heterocycles. The highest BCUT2D eigenvalue weighted by molar-refractivity contribution is 8.00. The zero-order chi connectivity index (χ0) is 24.3. The predicted molar refractivity (Wildman–Crippen MR) is 132 cm³/mol. The Morgan fingerprint density at radius 1 is 1.03 bits per heavy atom. The summed E-state index contributed by atoms with van der Waals surface area (Å²) < 4.78 is 18.9. The lowest BCUT2D eigenvalue weighted by molar-refractivity contribution is -0.113.